The van der Waals surface area contributed by atoms with Crippen LogP contribution < -0.4 is 11.5 Å². The molecule has 0 aliphatic heterocycles. The van der Waals surface area contributed by atoms with Gasteiger partial charge in [-0.05, 0) is 75.5 Å². The SMILES string of the molecule is CC(=O)c1ccc(C2=CC=C(C)Cc3[nH]c(C(=N)c4nc(-c5cc(CN)cc(CN(C)C)c5)ccc4N)nc32)s1. The number of carbonyl (C=O) groups is 1. The molecule has 4 aromatic rings. The summed E-state index contributed by atoms with van der Waals surface area (Å²) >= 11 is 1.45. The molecule has 40 heavy (non-hydrogen) atoms. The molecule has 0 unspecified atom stereocenters. The Bertz CT molecular complexity index is 1690. The average Bonchev–Trinajstić information content (AvgIpc) is 3.53. The van der Waals surface area contributed by atoms with E-state index in [2.05, 4.69) is 35.0 Å². The highest BCUT2D eigenvalue weighted by Crippen LogP contribution is 2.34. The van der Waals surface area contributed by atoms with Crippen molar-refractivity contribution in [1.82, 2.24) is 19.9 Å². The molecule has 0 saturated heterocycles. The van der Waals surface area contributed by atoms with Gasteiger partial charge in [-0.15, -0.1) is 11.3 Å². The summed E-state index contributed by atoms with van der Waals surface area (Å²) in [5.74, 6) is 0.434. The quantitative estimate of drug-likeness (QED) is 0.176. The maximum atomic E-state index is 11.9. The number of carbonyl (C=O) groups excluding carboxylic acids is 1. The molecule has 9 heteroatoms. The molecule has 0 saturated carbocycles. The fourth-order valence-electron chi connectivity index (χ4n) is 4.82. The molecule has 6 N–H and O–H groups in total. The number of nitrogens with one attached hydrogen (secondary N) is 2. The number of thiophene rings is 1. The first-order valence-corrected chi connectivity index (χ1v) is 13.9. The number of nitrogens with two attached hydrogens (primary N) is 2. The van der Waals surface area contributed by atoms with E-state index >= 15 is 0 Å². The number of fused-ring (bicyclic) bond motifs is 1. The van der Waals surface area contributed by atoms with Gasteiger partial charge in [-0.1, -0.05) is 23.8 Å². The van der Waals surface area contributed by atoms with E-state index in [1.54, 1.807) is 13.0 Å². The summed E-state index contributed by atoms with van der Waals surface area (Å²) in [6, 6.07) is 13.7. The highest BCUT2D eigenvalue weighted by Gasteiger charge is 2.23. The Hall–Kier alpha value is -4.18. The first-order chi connectivity index (χ1) is 19.1. The minimum atomic E-state index is 0.0363. The van der Waals surface area contributed by atoms with Crippen LogP contribution in [-0.2, 0) is 19.5 Å². The van der Waals surface area contributed by atoms with Crippen LogP contribution in [-0.4, -0.2) is 45.4 Å². The summed E-state index contributed by atoms with van der Waals surface area (Å²) in [5, 5.41) is 9.06. The number of ketones is 1. The summed E-state index contributed by atoms with van der Waals surface area (Å²) in [6.45, 7) is 4.83. The van der Waals surface area contributed by atoms with Crippen molar-refractivity contribution < 1.29 is 4.79 Å². The standard InChI is InChI=1S/C31H33N7OS/c1-17-5-6-22(27-10-9-26(40-27)18(2)39)29-25(11-17)36-31(37-29)28(34)30-23(33)7-8-24(35-30)21-13-19(15-32)12-20(14-21)16-38(3)4/h5-10,12-14,34H,11,15-16,32-33H2,1-4H3,(H,36,37). The third-order valence-corrected chi connectivity index (χ3v) is 7.94. The number of aromatic nitrogens is 3. The van der Waals surface area contributed by atoms with Crippen LogP contribution in [0, 0.1) is 5.41 Å². The van der Waals surface area contributed by atoms with Crippen LogP contribution in [0.2, 0.25) is 0 Å². The molecule has 0 fully saturated rings. The molecular weight excluding hydrogens is 518 g/mol. The highest BCUT2D eigenvalue weighted by atomic mass is 32.1. The number of pyridine rings is 1. The van der Waals surface area contributed by atoms with Crippen LogP contribution in [0.1, 0.15) is 62.4 Å². The molecule has 3 aromatic heterocycles. The Kier molecular flexibility index (Phi) is 7.62. The van der Waals surface area contributed by atoms with Crippen molar-refractivity contribution in [2.24, 2.45) is 5.73 Å². The molecule has 0 amide bonds. The Labute approximate surface area is 238 Å². The second-order valence-electron chi connectivity index (χ2n) is 10.4. The van der Waals surface area contributed by atoms with Gasteiger partial charge in [0.25, 0.3) is 0 Å². The van der Waals surface area contributed by atoms with E-state index in [0.717, 1.165) is 50.6 Å². The third kappa shape index (κ3) is 5.58. The van der Waals surface area contributed by atoms with Gasteiger partial charge in [0.15, 0.2) is 11.6 Å². The predicted molar refractivity (Wildman–Crippen MR) is 163 cm³/mol. The largest absolute Gasteiger partial charge is 0.397 e. The van der Waals surface area contributed by atoms with Crippen molar-refractivity contribution in [2.75, 3.05) is 19.8 Å². The first kappa shape index (κ1) is 27.4. The van der Waals surface area contributed by atoms with Crippen molar-refractivity contribution in [3.8, 4) is 11.3 Å². The van der Waals surface area contributed by atoms with Crippen molar-refractivity contribution in [2.45, 2.75) is 33.4 Å². The normalized spacial score (nSPS) is 13.1. The Morgan fingerprint density at radius 1 is 1.10 bits per heavy atom. The fourth-order valence-corrected chi connectivity index (χ4v) is 5.75. The molecule has 0 atom stereocenters. The number of H-pyrrole nitrogens is 1. The topological polar surface area (TPSA) is 138 Å². The second kappa shape index (κ2) is 11.1. The van der Waals surface area contributed by atoms with Gasteiger partial charge in [0.2, 0.25) is 0 Å². The number of hydrogen-bond acceptors (Lipinski definition) is 8. The zero-order valence-corrected chi connectivity index (χ0v) is 23.9. The number of nitrogen functional groups attached to an aromatic ring is 1. The minimum Gasteiger partial charge on any atom is -0.397 e. The number of Topliss-reactive ketones (excluding diaryl/α,β-unsaturated/α-hetero) is 1. The molecule has 1 aliphatic rings. The number of aromatic amines is 1. The molecule has 8 nitrogen and oxygen atoms in total. The van der Waals surface area contributed by atoms with Gasteiger partial charge in [0.1, 0.15) is 11.4 Å². The Balaban J connectivity index is 1.53. The zero-order chi connectivity index (χ0) is 28.6. The van der Waals surface area contributed by atoms with E-state index in [1.807, 2.05) is 44.4 Å². The minimum absolute atomic E-state index is 0.0363. The molecule has 1 aromatic carbocycles. The van der Waals surface area contributed by atoms with Crippen LogP contribution in [0.15, 0.2) is 60.2 Å². The van der Waals surface area contributed by atoms with Crippen molar-refractivity contribution in [1.29, 1.82) is 5.41 Å². The predicted octanol–water partition coefficient (Wildman–Crippen LogP) is 5.19. The monoisotopic (exact) mass is 551 g/mol. The van der Waals surface area contributed by atoms with Gasteiger partial charge >= 0.3 is 0 Å². The molecule has 3 heterocycles. The lowest BCUT2D eigenvalue weighted by Gasteiger charge is -2.14. The third-order valence-electron chi connectivity index (χ3n) is 6.73. The lowest BCUT2D eigenvalue weighted by atomic mass is 10.0. The molecule has 0 radical (unpaired) electrons. The van der Waals surface area contributed by atoms with Crippen LogP contribution in [0.25, 0.3) is 16.8 Å². The number of allylic oxidation sites excluding steroid dienone is 3. The number of benzene rings is 1. The lowest BCUT2D eigenvalue weighted by Crippen LogP contribution is -2.12. The summed E-state index contributed by atoms with van der Waals surface area (Å²) in [7, 11) is 4.05. The van der Waals surface area contributed by atoms with Gasteiger partial charge in [-0.25, -0.2) is 9.97 Å². The maximum Gasteiger partial charge on any atom is 0.169 e. The number of nitrogens with zero attached hydrogens (tertiary/aromatic N) is 3. The summed E-state index contributed by atoms with van der Waals surface area (Å²) < 4.78 is 0. The number of imidazole rings is 1. The van der Waals surface area contributed by atoms with Gasteiger partial charge in [-0.2, -0.15) is 0 Å². The van der Waals surface area contributed by atoms with Gasteiger partial charge in [-0.3, -0.25) is 10.2 Å². The summed E-state index contributed by atoms with van der Waals surface area (Å²) in [5.41, 5.74) is 20.8. The molecule has 0 bridgehead atoms. The van der Waals surface area contributed by atoms with E-state index in [-0.39, 0.29) is 11.5 Å². The van der Waals surface area contributed by atoms with Crippen LogP contribution in [0.5, 0.6) is 0 Å². The van der Waals surface area contributed by atoms with Gasteiger partial charge in [0, 0.05) is 41.2 Å². The molecule has 204 valence electrons. The molecule has 5 rings (SSSR count). The fraction of sp³-hybridized carbons (Fsp3) is 0.226. The zero-order valence-electron chi connectivity index (χ0n) is 23.1. The molecule has 0 spiro atoms. The van der Waals surface area contributed by atoms with Gasteiger partial charge in [0.05, 0.1) is 22.0 Å². The second-order valence-corrected chi connectivity index (χ2v) is 11.5. The van der Waals surface area contributed by atoms with E-state index in [0.29, 0.717) is 40.7 Å². The smallest absolute Gasteiger partial charge is 0.169 e. The van der Waals surface area contributed by atoms with Crippen LogP contribution in [0.4, 0.5) is 5.69 Å². The Morgan fingerprint density at radius 3 is 2.58 bits per heavy atom. The summed E-state index contributed by atoms with van der Waals surface area (Å²) in [6.07, 6.45) is 4.78. The van der Waals surface area contributed by atoms with E-state index in [4.69, 9.17) is 26.8 Å². The van der Waals surface area contributed by atoms with Crippen molar-refractivity contribution >= 4 is 34.1 Å². The van der Waals surface area contributed by atoms with E-state index in [1.165, 1.54) is 11.3 Å². The number of rotatable bonds is 8. The highest BCUT2D eigenvalue weighted by molar-refractivity contribution is 7.15. The maximum absolute atomic E-state index is 11.9. The summed E-state index contributed by atoms with van der Waals surface area (Å²) in [4.78, 5) is 28.8. The van der Waals surface area contributed by atoms with Crippen LogP contribution in [0.3, 0.4) is 0 Å². The van der Waals surface area contributed by atoms with Gasteiger partial charge < -0.3 is 21.4 Å². The molecular formula is C31H33N7OS. The average molecular weight is 552 g/mol. The molecule has 1 aliphatic carbocycles. The first-order valence-electron chi connectivity index (χ1n) is 13.0. The number of anilines is 1. The Morgan fingerprint density at radius 2 is 1.88 bits per heavy atom. The number of hydrogen-bond donors (Lipinski definition) is 4. The van der Waals surface area contributed by atoms with E-state index in [9.17, 15) is 4.79 Å². The van der Waals surface area contributed by atoms with E-state index < -0.39 is 0 Å². The van der Waals surface area contributed by atoms with Crippen LogP contribution >= 0.6 is 11.3 Å². The van der Waals surface area contributed by atoms with Crippen molar-refractivity contribution in [3.63, 3.8) is 0 Å². The lowest BCUT2D eigenvalue weighted by molar-refractivity contribution is 0.102. The van der Waals surface area contributed by atoms with Crippen molar-refractivity contribution in [3.05, 3.63) is 104 Å².